The van der Waals surface area contributed by atoms with Gasteiger partial charge in [-0.25, -0.2) is 4.39 Å². The maximum absolute atomic E-state index is 14.1. The van der Waals surface area contributed by atoms with Crippen LogP contribution in [-0.2, 0) is 0 Å². The Balaban J connectivity index is 2.05. The smallest absolute Gasteiger partial charge is 0.281 e. The molecule has 2 aromatic carbocycles. The summed E-state index contributed by atoms with van der Waals surface area (Å²) >= 11 is 0. The molecule has 0 aliphatic rings. The van der Waals surface area contributed by atoms with Gasteiger partial charge in [0.2, 0.25) is 0 Å². The van der Waals surface area contributed by atoms with Crippen molar-refractivity contribution >= 4 is 10.8 Å². The molecule has 0 spiro atoms. The first-order chi connectivity index (χ1) is 12.1. The predicted molar refractivity (Wildman–Crippen MR) is 96.1 cm³/mol. The molecule has 4 nitrogen and oxygen atoms in total. The summed E-state index contributed by atoms with van der Waals surface area (Å²) in [5, 5.41) is 5.53. The van der Waals surface area contributed by atoms with E-state index in [1.807, 2.05) is 48.7 Å². The fraction of sp³-hybridized carbons (Fsp3) is 0.100. The summed E-state index contributed by atoms with van der Waals surface area (Å²) in [5.74, 6) is -0.478. The zero-order valence-corrected chi connectivity index (χ0v) is 13.9. The molecule has 25 heavy (non-hydrogen) atoms. The van der Waals surface area contributed by atoms with Crippen molar-refractivity contribution in [3.05, 3.63) is 88.4 Å². The van der Waals surface area contributed by atoms with Gasteiger partial charge in [0.25, 0.3) is 5.56 Å². The highest BCUT2D eigenvalue weighted by atomic mass is 19.1. The van der Waals surface area contributed by atoms with E-state index in [4.69, 9.17) is 0 Å². The summed E-state index contributed by atoms with van der Waals surface area (Å²) < 4.78 is 17.3. The lowest BCUT2D eigenvalue weighted by atomic mass is 10.2. The van der Waals surface area contributed by atoms with Crippen LogP contribution in [0.5, 0.6) is 0 Å². The number of benzene rings is 2. The van der Waals surface area contributed by atoms with Gasteiger partial charge >= 0.3 is 0 Å². The molecule has 2 aromatic heterocycles. The van der Waals surface area contributed by atoms with Crippen LogP contribution in [0.2, 0.25) is 0 Å². The molecule has 0 aliphatic heterocycles. The average molecular weight is 333 g/mol. The van der Waals surface area contributed by atoms with E-state index in [1.165, 1.54) is 6.07 Å². The van der Waals surface area contributed by atoms with E-state index in [2.05, 4.69) is 5.10 Å². The number of halogens is 1. The number of hydrogen-bond donors (Lipinski definition) is 0. The minimum Gasteiger partial charge on any atom is -0.317 e. The van der Waals surface area contributed by atoms with Gasteiger partial charge in [-0.15, -0.1) is 0 Å². The lowest BCUT2D eigenvalue weighted by molar-refractivity contribution is 0.606. The van der Waals surface area contributed by atoms with Crippen LogP contribution in [-0.4, -0.2) is 14.3 Å². The van der Waals surface area contributed by atoms with Crippen molar-refractivity contribution in [1.29, 1.82) is 0 Å². The molecular formula is C20H16FN3O. The van der Waals surface area contributed by atoms with Crippen LogP contribution < -0.4 is 5.56 Å². The van der Waals surface area contributed by atoms with Crippen LogP contribution in [0.3, 0.4) is 0 Å². The Bertz CT molecular complexity index is 1140. The lowest BCUT2D eigenvalue weighted by Gasteiger charge is -2.08. The van der Waals surface area contributed by atoms with Crippen LogP contribution in [0, 0.1) is 19.7 Å². The molecule has 2 heterocycles. The first-order valence-electron chi connectivity index (χ1n) is 8.00. The number of rotatable bonds is 2. The topological polar surface area (TPSA) is 39.8 Å². The average Bonchev–Trinajstić information content (AvgIpc) is 2.88. The Morgan fingerprint density at radius 2 is 1.60 bits per heavy atom. The van der Waals surface area contributed by atoms with Gasteiger partial charge in [0, 0.05) is 22.5 Å². The van der Waals surface area contributed by atoms with Gasteiger partial charge in [0.05, 0.1) is 11.6 Å². The summed E-state index contributed by atoms with van der Waals surface area (Å²) in [6.45, 7) is 3.85. The maximum atomic E-state index is 14.1. The molecule has 0 N–H and O–H groups in total. The van der Waals surface area contributed by atoms with E-state index in [1.54, 1.807) is 24.4 Å². The van der Waals surface area contributed by atoms with Crippen LogP contribution in [0.25, 0.3) is 22.1 Å². The van der Waals surface area contributed by atoms with Crippen LogP contribution in [0.4, 0.5) is 4.39 Å². The summed E-state index contributed by atoms with van der Waals surface area (Å²) in [6.07, 6.45) is 1.63. The monoisotopic (exact) mass is 333 g/mol. The SMILES string of the molecule is Cc1c2cnn(-c3ccccc3F)c(=O)c2c(C)n1-c1ccccc1. The van der Waals surface area contributed by atoms with E-state index in [9.17, 15) is 9.18 Å². The molecule has 124 valence electrons. The minimum atomic E-state index is -0.478. The number of aryl methyl sites for hydroxylation is 2. The van der Waals surface area contributed by atoms with Crippen molar-refractivity contribution in [1.82, 2.24) is 14.3 Å². The molecule has 0 saturated carbocycles. The first-order valence-corrected chi connectivity index (χ1v) is 8.00. The van der Waals surface area contributed by atoms with E-state index in [-0.39, 0.29) is 11.2 Å². The van der Waals surface area contributed by atoms with E-state index in [0.717, 1.165) is 27.1 Å². The number of aromatic nitrogens is 3. The molecule has 5 heteroatoms. The minimum absolute atomic E-state index is 0.152. The van der Waals surface area contributed by atoms with Crippen molar-refractivity contribution in [3.63, 3.8) is 0 Å². The Morgan fingerprint density at radius 1 is 0.920 bits per heavy atom. The summed E-state index contributed by atoms with van der Waals surface area (Å²) in [5.41, 5.74) is 2.56. The number of para-hydroxylation sites is 2. The second kappa shape index (κ2) is 5.70. The molecule has 0 aliphatic carbocycles. The van der Waals surface area contributed by atoms with Crippen molar-refractivity contribution in [2.75, 3.05) is 0 Å². The molecule has 0 radical (unpaired) electrons. The van der Waals surface area contributed by atoms with E-state index >= 15 is 0 Å². The van der Waals surface area contributed by atoms with Gasteiger partial charge in [-0.1, -0.05) is 30.3 Å². The normalized spacial score (nSPS) is 11.2. The fourth-order valence-electron chi connectivity index (χ4n) is 3.32. The first kappa shape index (κ1) is 15.3. The molecule has 4 rings (SSSR count). The van der Waals surface area contributed by atoms with E-state index < -0.39 is 5.82 Å². The zero-order valence-electron chi connectivity index (χ0n) is 13.9. The number of nitrogens with zero attached hydrogens (tertiary/aromatic N) is 3. The third-order valence-electron chi connectivity index (χ3n) is 4.50. The van der Waals surface area contributed by atoms with Crippen LogP contribution >= 0.6 is 0 Å². The number of hydrogen-bond acceptors (Lipinski definition) is 2. The predicted octanol–water partition coefficient (Wildman–Crippen LogP) is 3.93. The highest BCUT2D eigenvalue weighted by Gasteiger charge is 2.18. The second-order valence-electron chi connectivity index (χ2n) is 5.94. The molecular weight excluding hydrogens is 317 g/mol. The Morgan fingerprint density at radius 3 is 2.32 bits per heavy atom. The second-order valence-corrected chi connectivity index (χ2v) is 5.94. The van der Waals surface area contributed by atoms with Crippen molar-refractivity contribution in [2.45, 2.75) is 13.8 Å². The van der Waals surface area contributed by atoms with Crippen LogP contribution in [0.15, 0.2) is 65.6 Å². The molecule has 0 bridgehead atoms. The largest absolute Gasteiger partial charge is 0.317 e. The van der Waals surface area contributed by atoms with E-state index in [0.29, 0.717) is 5.39 Å². The standard InChI is InChI=1S/C20H16FN3O/c1-13-16-12-22-24(18-11-7-6-10-17(18)21)20(25)19(16)14(2)23(13)15-8-4-3-5-9-15/h3-12H,1-2H3. The highest BCUT2D eigenvalue weighted by Crippen LogP contribution is 2.26. The van der Waals surface area contributed by atoms with Crippen molar-refractivity contribution in [2.24, 2.45) is 0 Å². The Labute approximate surface area is 143 Å². The summed E-state index contributed by atoms with van der Waals surface area (Å²) in [6, 6.07) is 16.0. The van der Waals surface area contributed by atoms with Crippen molar-refractivity contribution < 1.29 is 4.39 Å². The molecule has 0 atom stereocenters. The van der Waals surface area contributed by atoms with Crippen LogP contribution in [0.1, 0.15) is 11.4 Å². The van der Waals surface area contributed by atoms with Gasteiger partial charge in [-0.3, -0.25) is 4.79 Å². The molecule has 4 aromatic rings. The zero-order chi connectivity index (χ0) is 17.6. The molecule has 0 amide bonds. The van der Waals surface area contributed by atoms with Gasteiger partial charge in [-0.2, -0.15) is 9.78 Å². The third kappa shape index (κ3) is 2.28. The maximum Gasteiger partial charge on any atom is 0.281 e. The molecule has 0 saturated heterocycles. The van der Waals surface area contributed by atoms with Gasteiger partial charge in [0.1, 0.15) is 11.5 Å². The number of fused-ring (bicyclic) bond motifs is 1. The molecule has 0 unspecified atom stereocenters. The molecule has 0 fully saturated rings. The fourth-order valence-corrected chi connectivity index (χ4v) is 3.32. The quantitative estimate of drug-likeness (QED) is 0.557. The third-order valence-corrected chi connectivity index (χ3v) is 4.50. The summed E-state index contributed by atoms with van der Waals surface area (Å²) in [4.78, 5) is 13.0. The Hall–Kier alpha value is -3.21. The lowest BCUT2D eigenvalue weighted by Crippen LogP contribution is -2.22. The summed E-state index contributed by atoms with van der Waals surface area (Å²) in [7, 11) is 0. The Kier molecular flexibility index (Phi) is 3.50. The highest BCUT2D eigenvalue weighted by molar-refractivity contribution is 5.88. The van der Waals surface area contributed by atoms with Gasteiger partial charge in [0.15, 0.2) is 0 Å². The van der Waals surface area contributed by atoms with Gasteiger partial charge in [-0.05, 0) is 38.1 Å². The van der Waals surface area contributed by atoms with Gasteiger partial charge < -0.3 is 4.57 Å². The van der Waals surface area contributed by atoms with Crippen molar-refractivity contribution in [3.8, 4) is 11.4 Å².